The molecule has 0 saturated heterocycles. The number of nitrogens with one attached hydrogen (secondary N) is 3. The molecule has 0 aliphatic heterocycles. The number of ether oxygens (including phenoxy) is 1. The van der Waals surface area contributed by atoms with E-state index in [1.54, 1.807) is 25.4 Å². The zero-order valence-electron chi connectivity index (χ0n) is 12.0. The highest BCUT2D eigenvalue weighted by atomic mass is 16.5. The normalized spacial score (nSPS) is 10.6. The summed E-state index contributed by atoms with van der Waals surface area (Å²) in [4.78, 5) is 28.5. The van der Waals surface area contributed by atoms with Crippen molar-refractivity contribution in [2.24, 2.45) is 0 Å². The molecular formula is C16H15N3O3. The van der Waals surface area contributed by atoms with E-state index < -0.39 is 0 Å². The molecule has 0 fully saturated rings. The highest BCUT2D eigenvalue weighted by molar-refractivity contribution is 5.80. The maximum Gasteiger partial charge on any atom is 0.253 e. The summed E-state index contributed by atoms with van der Waals surface area (Å²) in [6.45, 7) is 0.356. The van der Waals surface area contributed by atoms with Gasteiger partial charge in [0.25, 0.3) is 5.56 Å². The third-order valence-electron chi connectivity index (χ3n) is 3.40. The van der Waals surface area contributed by atoms with Crippen LogP contribution < -0.4 is 21.2 Å². The average molecular weight is 297 g/mol. The van der Waals surface area contributed by atoms with Crippen LogP contribution in [0.25, 0.3) is 10.9 Å². The van der Waals surface area contributed by atoms with Crippen LogP contribution in [0.1, 0.15) is 5.56 Å². The number of rotatable bonds is 4. The zero-order chi connectivity index (χ0) is 15.5. The fourth-order valence-electron chi connectivity index (χ4n) is 2.21. The molecule has 3 N–H and O–H groups in total. The van der Waals surface area contributed by atoms with Gasteiger partial charge >= 0.3 is 0 Å². The summed E-state index contributed by atoms with van der Waals surface area (Å²) in [5.74, 6) is 0.735. The summed E-state index contributed by atoms with van der Waals surface area (Å²) in [6, 6.07) is 10.4. The van der Waals surface area contributed by atoms with Gasteiger partial charge in [0.1, 0.15) is 5.75 Å². The number of hydrogen-bond donors (Lipinski definition) is 3. The number of aromatic amines is 2. The minimum atomic E-state index is -0.166. The van der Waals surface area contributed by atoms with Crippen molar-refractivity contribution in [3.63, 3.8) is 0 Å². The Morgan fingerprint density at radius 2 is 2.00 bits per heavy atom. The molecule has 22 heavy (non-hydrogen) atoms. The molecule has 3 aromatic rings. The molecule has 0 unspecified atom stereocenters. The minimum absolute atomic E-state index is 0.144. The third kappa shape index (κ3) is 2.85. The van der Waals surface area contributed by atoms with Crippen LogP contribution in [0.4, 0.5) is 5.69 Å². The molecule has 1 aromatic carbocycles. The number of fused-ring (bicyclic) bond motifs is 1. The molecular weight excluding hydrogens is 282 g/mol. The summed E-state index contributed by atoms with van der Waals surface area (Å²) in [5, 5.41) is 4.00. The number of H-pyrrole nitrogens is 2. The van der Waals surface area contributed by atoms with E-state index >= 15 is 0 Å². The van der Waals surface area contributed by atoms with Crippen molar-refractivity contribution in [1.29, 1.82) is 0 Å². The van der Waals surface area contributed by atoms with Crippen molar-refractivity contribution >= 4 is 16.6 Å². The van der Waals surface area contributed by atoms with Gasteiger partial charge in [0.2, 0.25) is 5.56 Å². The Labute approximate surface area is 125 Å². The lowest BCUT2D eigenvalue weighted by atomic mass is 10.1. The van der Waals surface area contributed by atoms with E-state index in [2.05, 4.69) is 15.3 Å². The Hall–Kier alpha value is -3.02. The van der Waals surface area contributed by atoms with Crippen molar-refractivity contribution in [3.05, 3.63) is 68.9 Å². The first kappa shape index (κ1) is 13.9. The van der Waals surface area contributed by atoms with Crippen LogP contribution in [0.3, 0.4) is 0 Å². The van der Waals surface area contributed by atoms with Crippen LogP contribution in [-0.4, -0.2) is 17.1 Å². The lowest BCUT2D eigenvalue weighted by Crippen LogP contribution is -2.16. The molecule has 3 rings (SSSR count). The van der Waals surface area contributed by atoms with Crippen molar-refractivity contribution in [2.75, 3.05) is 12.4 Å². The molecule has 0 radical (unpaired) electrons. The lowest BCUT2D eigenvalue weighted by molar-refractivity contribution is 0.415. The highest BCUT2D eigenvalue weighted by Crippen LogP contribution is 2.19. The molecule has 6 nitrogen and oxygen atoms in total. The predicted molar refractivity (Wildman–Crippen MR) is 85.5 cm³/mol. The Kier molecular flexibility index (Phi) is 3.65. The van der Waals surface area contributed by atoms with Crippen molar-refractivity contribution < 1.29 is 4.74 Å². The molecule has 0 aliphatic carbocycles. The smallest absolute Gasteiger partial charge is 0.253 e. The number of methoxy groups -OCH3 is 1. The van der Waals surface area contributed by atoms with Crippen molar-refractivity contribution in [1.82, 2.24) is 9.97 Å². The quantitative estimate of drug-likeness (QED) is 0.685. The molecule has 0 atom stereocenters. The van der Waals surface area contributed by atoms with Crippen LogP contribution in [-0.2, 0) is 6.54 Å². The predicted octanol–water partition coefficient (Wildman–Crippen LogP) is 1.84. The molecule has 0 spiro atoms. The van der Waals surface area contributed by atoms with Crippen LogP contribution in [0.15, 0.2) is 52.2 Å². The number of hydrogen-bond acceptors (Lipinski definition) is 4. The van der Waals surface area contributed by atoms with Crippen LogP contribution in [0.5, 0.6) is 5.75 Å². The van der Waals surface area contributed by atoms with E-state index in [1.807, 2.05) is 18.2 Å². The number of aromatic nitrogens is 2. The zero-order valence-corrected chi connectivity index (χ0v) is 12.0. The highest BCUT2D eigenvalue weighted by Gasteiger charge is 2.04. The maximum absolute atomic E-state index is 12.1. The summed E-state index contributed by atoms with van der Waals surface area (Å²) >= 11 is 0. The monoisotopic (exact) mass is 297 g/mol. The summed E-state index contributed by atoms with van der Waals surface area (Å²) in [6.07, 6.45) is 1.57. The molecule has 0 aliphatic rings. The van der Waals surface area contributed by atoms with E-state index in [4.69, 9.17) is 4.74 Å². The Bertz CT molecular complexity index is 907. The summed E-state index contributed by atoms with van der Waals surface area (Å²) < 4.78 is 5.19. The molecule has 0 saturated carbocycles. The van der Waals surface area contributed by atoms with Gasteiger partial charge in [-0.2, -0.15) is 0 Å². The fraction of sp³-hybridized carbons (Fsp3) is 0.125. The standard InChI is InChI=1S/C16H15N3O3/c1-22-13-3-4-14-10(7-13)6-11(16(21)19-14)8-17-12-2-5-15(20)18-9-12/h2-7,9,17H,8H2,1H3,(H,18,20)(H,19,21). The van der Waals surface area contributed by atoms with E-state index in [0.717, 1.165) is 22.3 Å². The van der Waals surface area contributed by atoms with E-state index in [1.165, 1.54) is 6.07 Å². The molecule has 6 heteroatoms. The van der Waals surface area contributed by atoms with Gasteiger partial charge in [-0.15, -0.1) is 0 Å². The first-order valence-corrected chi connectivity index (χ1v) is 6.78. The minimum Gasteiger partial charge on any atom is -0.497 e. The van der Waals surface area contributed by atoms with Gasteiger partial charge in [0.15, 0.2) is 0 Å². The topological polar surface area (TPSA) is 87.0 Å². The van der Waals surface area contributed by atoms with Gasteiger partial charge in [-0.1, -0.05) is 0 Å². The molecule has 112 valence electrons. The van der Waals surface area contributed by atoms with Gasteiger partial charge < -0.3 is 20.0 Å². The summed E-state index contributed by atoms with van der Waals surface area (Å²) in [5.41, 5.74) is 1.80. The second kappa shape index (κ2) is 5.77. The average Bonchev–Trinajstić information content (AvgIpc) is 2.54. The molecule has 0 amide bonds. The first-order chi connectivity index (χ1) is 10.7. The third-order valence-corrected chi connectivity index (χ3v) is 3.40. The van der Waals surface area contributed by atoms with Crippen LogP contribution >= 0.6 is 0 Å². The van der Waals surface area contributed by atoms with Gasteiger partial charge in [-0.25, -0.2) is 0 Å². The second-order valence-electron chi connectivity index (χ2n) is 4.87. The summed E-state index contributed by atoms with van der Waals surface area (Å²) in [7, 11) is 1.60. The molecule has 2 aromatic heterocycles. The van der Waals surface area contributed by atoms with E-state index in [-0.39, 0.29) is 11.1 Å². The van der Waals surface area contributed by atoms with E-state index in [0.29, 0.717) is 12.1 Å². The Morgan fingerprint density at radius 1 is 1.14 bits per heavy atom. The molecule has 0 bridgehead atoms. The number of anilines is 1. The first-order valence-electron chi connectivity index (χ1n) is 6.78. The Balaban J connectivity index is 1.89. The van der Waals surface area contributed by atoms with E-state index in [9.17, 15) is 9.59 Å². The Morgan fingerprint density at radius 3 is 2.73 bits per heavy atom. The maximum atomic E-state index is 12.1. The van der Waals surface area contributed by atoms with Gasteiger partial charge in [-0.05, 0) is 30.3 Å². The van der Waals surface area contributed by atoms with Crippen molar-refractivity contribution in [2.45, 2.75) is 6.54 Å². The molecule has 2 heterocycles. The SMILES string of the molecule is COc1ccc2[nH]c(=O)c(CNc3ccc(=O)[nH]c3)cc2c1. The van der Waals surface area contributed by atoms with Gasteiger partial charge in [-0.3, -0.25) is 9.59 Å². The van der Waals surface area contributed by atoms with Crippen LogP contribution in [0.2, 0.25) is 0 Å². The van der Waals surface area contributed by atoms with Gasteiger partial charge in [0.05, 0.1) is 12.8 Å². The fourth-order valence-corrected chi connectivity index (χ4v) is 2.21. The second-order valence-corrected chi connectivity index (χ2v) is 4.87. The largest absolute Gasteiger partial charge is 0.497 e. The van der Waals surface area contributed by atoms with Gasteiger partial charge in [0, 0.05) is 35.3 Å². The number of pyridine rings is 2. The lowest BCUT2D eigenvalue weighted by Gasteiger charge is -2.07. The van der Waals surface area contributed by atoms with Crippen LogP contribution in [0, 0.1) is 0 Å². The van der Waals surface area contributed by atoms with Crippen molar-refractivity contribution in [3.8, 4) is 5.75 Å². The number of benzene rings is 1.